The lowest BCUT2D eigenvalue weighted by Gasteiger charge is -2.18. The van der Waals surface area contributed by atoms with Crippen LogP contribution in [0.25, 0.3) is 0 Å². The summed E-state index contributed by atoms with van der Waals surface area (Å²) in [5, 5.41) is 3.49. The lowest BCUT2D eigenvalue weighted by atomic mass is 9.99. The predicted molar refractivity (Wildman–Crippen MR) is 84.6 cm³/mol. The smallest absolute Gasteiger partial charge is 0.216 e. The monoisotopic (exact) mass is 285 g/mol. The van der Waals surface area contributed by atoms with Gasteiger partial charge in [-0.2, -0.15) is 0 Å². The van der Waals surface area contributed by atoms with Crippen molar-refractivity contribution in [3.63, 3.8) is 0 Å². The van der Waals surface area contributed by atoms with E-state index in [9.17, 15) is 0 Å². The molecule has 4 nitrogen and oxygen atoms in total. The standard InChI is InChI=1S/C17H23N3O/c1-5-18-15(16-10-17(21-4)20-11-19-16)9-14-7-12(2)6-13(3)8-14/h6-8,10-11,15,18H,5,9H2,1-4H3. The van der Waals surface area contributed by atoms with Crippen LogP contribution in [0.15, 0.2) is 30.6 Å². The number of aromatic nitrogens is 2. The SMILES string of the molecule is CCNC(Cc1cc(C)cc(C)c1)c1cc(OC)ncn1. The molecule has 1 unspecified atom stereocenters. The minimum absolute atomic E-state index is 0.160. The maximum absolute atomic E-state index is 5.19. The first kappa shape index (κ1) is 15.4. The Bertz CT molecular complexity index is 578. The molecule has 0 amide bonds. The Morgan fingerprint density at radius 3 is 2.43 bits per heavy atom. The van der Waals surface area contributed by atoms with Crippen molar-refractivity contribution in [2.75, 3.05) is 13.7 Å². The molecule has 0 aliphatic rings. The summed E-state index contributed by atoms with van der Waals surface area (Å²) in [4.78, 5) is 8.47. The lowest BCUT2D eigenvalue weighted by Crippen LogP contribution is -2.24. The van der Waals surface area contributed by atoms with Crippen molar-refractivity contribution in [1.29, 1.82) is 0 Å². The van der Waals surface area contributed by atoms with Crippen LogP contribution in [-0.4, -0.2) is 23.6 Å². The fourth-order valence-electron chi connectivity index (χ4n) is 2.61. The van der Waals surface area contributed by atoms with Gasteiger partial charge in [0.25, 0.3) is 0 Å². The van der Waals surface area contributed by atoms with E-state index in [1.54, 1.807) is 13.4 Å². The number of aryl methyl sites for hydroxylation is 2. The van der Waals surface area contributed by atoms with Crippen LogP contribution in [0, 0.1) is 13.8 Å². The highest BCUT2D eigenvalue weighted by molar-refractivity contribution is 5.30. The first-order valence-corrected chi connectivity index (χ1v) is 7.29. The second-order valence-corrected chi connectivity index (χ2v) is 5.30. The van der Waals surface area contributed by atoms with Gasteiger partial charge in [-0.15, -0.1) is 0 Å². The van der Waals surface area contributed by atoms with Gasteiger partial charge >= 0.3 is 0 Å². The van der Waals surface area contributed by atoms with Crippen molar-refractivity contribution in [2.24, 2.45) is 0 Å². The van der Waals surface area contributed by atoms with Crippen LogP contribution in [0.3, 0.4) is 0 Å². The van der Waals surface area contributed by atoms with Crippen LogP contribution in [0.1, 0.15) is 35.3 Å². The van der Waals surface area contributed by atoms with E-state index in [4.69, 9.17) is 4.74 Å². The van der Waals surface area contributed by atoms with E-state index < -0.39 is 0 Å². The summed E-state index contributed by atoms with van der Waals surface area (Å²) in [6.07, 6.45) is 2.45. The van der Waals surface area contributed by atoms with Crippen LogP contribution in [0.4, 0.5) is 0 Å². The fourth-order valence-corrected chi connectivity index (χ4v) is 2.61. The van der Waals surface area contributed by atoms with Crippen molar-refractivity contribution in [3.05, 3.63) is 53.0 Å². The highest BCUT2D eigenvalue weighted by Crippen LogP contribution is 2.20. The van der Waals surface area contributed by atoms with Crippen molar-refractivity contribution >= 4 is 0 Å². The van der Waals surface area contributed by atoms with E-state index in [0.717, 1.165) is 18.7 Å². The molecule has 0 aliphatic carbocycles. The molecule has 2 rings (SSSR count). The van der Waals surface area contributed by atoms with Gasteiger partial charge in [0.1, 0.15) is 6.33 Å². The zero-order chi connectivity index (χ0) is 15.2. The van der Waals surface area contributed by atoms with Crippen LogP contribution in [-0.2, 0) is 6.42 Å². The summed E-state index contributed by atoms with van der Waals surface area (Å²) >= 11 is 0. The predicted octanol–water partition coefficient (Wildman–Crippen LogP) is 3.00. The third-order valence-electron chi connectivity index (χ3n) is 3.40. The first-order chi connectivity index (χ1) is 10.1. The molecule has 0 bridgehead atoms. The van der Waals surface area contributed by atoms with Gasteiger partial charge in [0.2, 0.25) is 5.88 Å². The van der Waals surface area contributed by atoms with E-state index >= 15 is 0 Å². The molecule has 4 heteroatoms. The first-order valence-electron chi connectivity index (χ1n) is 7.29. The number of rotatable bonds is 6. The molecule has 0 saturated heterocycles. The second-order valence-electron chi connectivity index (χ2n) is 5.30. The third-order valence-corrected chi connectivity index (χ3v) is 3.40. The molecule has 0 fully saturated rings. The van der Waals surface area contributed by atoms with E-state index in [1.807, 2.05) is 6.07 Å². The maximum Gasteiger partial charge on any atom is 0.216 e. The van der Waals surface area contributed by atoms with Crippen molar-refractivity contribution in [3.8, 4) is 5.88 Å². The molecule has 21 heavy (non-hydrogen) atoms. The Morgan fingerprint density at radius 1 is 1.10 bits per heavy atom. The lowest BCUT2D eigenvalue weighted by molar-refractivity contribution is 0.393. The Morgan fingerprint density at radius 2 is 1.81 bits per heavy atom. The summed E-state index contributed by atoms with van der Waals surface area (Å²) in [6, 6.07) is 8.72. The maximum atomic E-state index is 5.19. The number of hydrogen-bond acceptors (Lipinski definition) is 4. The normalized spacial score (nSPS) is 12.2. The highest BCUT2D eigenvalue weighted by Gasteiger charge is 2.14. The van der Waals surface area contributed by atoms with E-state index in [-0.39, 0.29) is 6.04 Å². The Hall–Kier alpha value is -1.94. The van der Waals surface area contributed by atoms with Crippen molar-refractivity contribution in [2.45, 2.75) is 33.2 Å². The summed E-state index contributed by atoms with van der Waals surface area (Å²) in [7, 11) is 1.62. The van der Waals surface area contributed by atoms with Gasteiger partial charge < -0.3 is 10.1 Å². The Labute approximate surface area is 126 Å². The number of methoxy groups -OCH3 is 1. The fraction of sp³-hybridized carbons (Fsp3) is 0.412. The van der Waals surface area contributed by atoms with Gasteiger partial charge in [0.15, 0.2) is 0 Å². The minimum atomic E-state index is 0.160. The van der Waals surface area contributed by atoms with Gasteiger partial charge in [-0.1, -0.05) is 36.2 Å². The number of nitrogens with one attached hydrogen (secondary N) is 1. The van der Waals surface area contributed by atoms with E-state index in [0.29, 0.717) is 5.88 Å². The average Bonchev–Trinajstić information content (AvgIpc) is 2.46. The molecule has 1 N–H and O–H groups in total. The molecule has 0 saturated carbocycles. The molecule has 1 aromatic heterocycles. The van der Waals surface area contributed by atoms with Crippen LogP contribution in [0.2, 0.25) is 0 Å². The van der Waals surface area contributed by atoms with Gasteiger partial charge in [0.05, 0.1) is 18.8 Å². The molecule has 0 radical (unpaired) electrons. The molecule has 2 aromatic rings. The zero-order valence-electron chi connectivity index (χ0n) is 13.2. The number of benzene rings is 1. The Kier molecular flexibility index (Phi) is 5.28. The third kappa shape index (κ3) is 4.26. The topological polar surface area (TPSA) is 47.0 Å². The van der Waals surface area contributed by atoms with Crippen LogP contribution >= 0.6 is 0 Å². The number of nitrogens with zero attached hydrogens (tertiary/aromatic N) is 2. The summed E-state index contributed by atoms with van der Waals surface area (Å²) in [6.45, 7) is 7.26. The number of hydrogen-bond donors (Lipinski definition) is 1. The molecule has 0 aliphatic heterocycles. The molecular formula is C17H23N3O. The summed E-state index contributed by atoms with van der Waals surface area (Å²) in [5.74, 6) is 0.600. The van der Waals surface area contributed by atoms with Crippen molar-refractivity contribution < 1.29 is 4.74 Å². The largest absolute Gasteiger partial charge is 0.481 e. The molecular weight excluding hydrogens is 262 g/mol. The zero-order valence-corrected chi connectivity index (χ0v) is 13.2. The summed E-state index contributed by atoms with van der Waals surface area (Å²) < 4.78 is 5.19. The molecule has 0 spiro atoms. The second kappa shape index (κ2) is 7.18. The number of likely N-dealkylation sites (N-methyl/N-ethyl adjacent to an activating group) is 1. The van der Waals surface area contributed by atoms with Gasteiger partial charge in [0, 0.05) is 6.07 Å². The minimum Gasteiger partial charge on any atom is -0.481 e. The van der Waals surface area contributed by atoms with E-state index in [2.05, 4.69) is 54.3 Å². The molecule has 1 aromatic carbocycles. The molecule has 112 valence electrons. The average molecular weight is 285 g/mol. The number of ether oxygens (including phenoxy) is 1. The van der Waals surface area contributed by atoms with Crippen molar-refractivity contribution in [1.82, 2.24) is 15.3 Å². The summed E-state index contributed by atoms with van der Waals surface area (Å²) in [5.41, 5.74) is 4.86. The van der Waals surface area contributed by atoms with Gasteiger partial charge in [-0.05, 0) is 32.4 Å². The highest BCUT2D eigenvalue weighted by atomic mass is 16.5. The molecule has 1 atom stereocenters. The molecule has 1 heterocycles. The van der Waals surface area contributed by atoms with Crippen LogP contribution < -0.4 is 10.1 Å². The van der Waals surface area contributed by atoms with Gasteiger partial charge in [-0.25, -0.2) is 9.97 Å². The van der Waals surface area contributed by atoms with E-state index in [1.165, 1.54) is 16.7 Å². The van der Waals surface area contributed by atoms with Gasteiger partial charge in [-0.3, -0.25) is 0 Å². The van der Waals surface area contributed by atoms with Crippen LogP contribution in [0.5, 0.6) is 5.88 Å². The quantitative estimate of drug-likeness (QED) is 0.886. The Balaban J connectivity index is 2.25.